The molecule has 1 amide bonds. The van der Waals surface area contributed by atoms with Crippen molar-refractivity contribution >= 4 is 11.9 Å². The van der Waals surface area contributed by atoms with Gasteiger partial charge in [0.2, 0.25) is 5.91 Å². The Kier molecular flexibility index (Phi) is 56.4. The van der Waals surface area contributed by atoms with E-state index in [1.54, 1.807) is 6.08 Å². The van der Waals surface area contributed by atoms with Gasteiger partial charge in [0.25, 0.3) is 0 Å². The Hall–Kier alpha value is -2.64. The van der Waals surface area contributed by atoms with Crippen molar-refractivity contribution in [3.63, 3.8) is 0 Å². The first kappa shape index (κ1) is 78.4. The number of aliphatic hydroxyl groups excluding tert-OH is 5. The van der Waals surface area contributed by atoms with Gasteiger partial charge in [0.15, 0.2) is 12.4 Å². The lowest BCUT2D eigenvalue weighted by Crippen LogP contribution is -2.61. The van der Waals surface area contributed by atoms with Gasteiger partial charge in [-0.3, -0.25) is 9.59 Å². The number of hydrogen-bond acceptors (Lipinski definition) is 10. The third-order valence-electron chi connectivity index (χ3n) is 16.4. The first-order valence-corrected chi connectivity index (χ1v) is 35.1. The molecule has 1 fully saturated rings. The number of ether oxygens (including phenoxy) is 3. The Morgan fingerprint density at radius 2 is 0.831 bits per heavy atom. The third kappa shape index (κ3) is 47.2. The summed E-state index contributed by atoms with van der Waals surface area (Å²) in [5.74, 6) is -1.19. The minimum atomic E-state index is -1.61. The number of carbonyl (C=O) groups is 2. The standard InChI is InChI=1S/C72H131NO10/c1-4-7-10-13-16-19-22-25-27-28-29-30-31-32-33-34-35-36-37-39-41-44-47-50-53-56-59-65(76)71(80)73-63(64(75)58-55-52-49-46-43-40-24-21-18-15-12-9-6-3)62-81-72-70(69(79)68(78)66(61-74)82-72)83-67(77)60-57-54-51-48-45-42-38-26-23-20-17-14-11-8-5-2/h16,19,25,27,29-30,32-33,55,58,63-66,68-70,72,74-76,78-79H,4-15,17-18,20-24,26,28,31,34-54,56-57,59-62H2,1-3H3,(H,73,80)/b19-16-,27-25-,30-29-,33-32-,58-55+. The molecule has 0 aliphatic carbocycles. The van der Waals surface area contributed by atoms with Crippen LogP contribution in [0.2, 0.25) is 0 Å². The van der Waals surface area contributed by atoms with Crippen LogP contribution in [0.1, 0.15) is 323 Å². The summed E-state index contributed by atoms with van der Waals surface area (Å²) in [4.78, 5) is 26.6. The number of hydrogen-bond donors (Lipinski definition) is 6. The third-order valence-corrected chi connectivity index (χ3v) is 16.4. The zero-order valence-electron chi connectivity index (χ0n) is 53.8. The van der Waals surface area contributed by atoms with E-state index in [4.69, 9.17) is 14.2 Å². The van der Waals surface area contributed by atoms with Crippen LogP contribution in [0.15, 0.2) is 60.8 Å². The van der Waals surface area contributed by atoms with Crippen LogP contribution in [0, 0.1) is 0 Å². The molecule has 83 heavy (non-hydrogen) atoms. The lowest BCUT2D eigenvalue weighted by atomic mass is 9.99. The van der Waals surface area contributed by atoms with Crippen molar-refractivity contribution in [3.8, 4) is 0 Å². The van der Waals surface area contributed by atoms with Gasteiger partial charge in [0.05, 0.1) is 25.4 Å². The molecule has 0 bridgehead atoms. The van der Waals surface area contributed by atoms with Crippen LogP contribution in [0.5, 0.6) is 0 Å². The molecule has 6 N–H and O–H groups in total. The van der Waals surface area contributed by atoms with Crippen LogP contribution in [0.3, 0.4) is 0 Å². The van der Waals surface area contributed by atoms with E-state index in [0.717, 1.165) is 83.5 Å². The fraction of sp³-hybridized carbons (Fsp3) is 0.833. The minimum Gasteiger partial charge on any atom is -0.454 e. The van der Waals surface area contributed by atoms with Crippen molar-refractivity contribution in [1.82, 2.24) is 5.32 Å². The van der Waals surface area contributed by atoms with E-state index >= 15 is 0 Å². The highest BCUT2D eigenvalue weighted by Gasteiger charge is 2.47. The first-order chi connectivity index (χ1) is 40.7. The van der Waals surface area contributed by atoms with Crippen molar-refractivity contribution < 1.29 is 49.3 Å². The molecular weight excluding hydrogens is 1040 g/mol. The number of carbonyl (C=O) groups excluding carboxylic acids is 2. The summed E-state index contributed by atoms with van der Waals surface area (Å²) < 4.78 is 17.7. The lowest BCUT2D eigenvalue weighted by molar-refractivity contribution is -0.305. The van der Waals surface area contributed by atoms with E-state index in [1.165, 1.54) is 193 Å². The second kappa shape index (κ2) is 59.7. The molecule has 8 atom stereocenters. The highest BCUT2D eigenvalue weighted by atomic mass is 16.7. The fourth-order valence-corrected chi connectivity index (χ4v) is 10.9. The maximum absolute atomic E-state index is 13.5. The Morgan fingerprint density at radius 3 is 1.27 bits per heavy atom. The fourth-order valence-electron chi connectivity index (χ4n) is 10.9. The molecule has 1 saturated heterocycles. The molecule has 0 aromatic heterocycles. The van der Waals surface area contributed by atoms with Gasteiger partial charge in [0.1, 0.15) is 24.4 Å². The molecule has 1 heterocycles. The Bertz CT molecular complexity index is 1580. The van der Waals surface area contributed by atoms with Crippen molar-refractivity contribution in [3.05, 3.63) is 60.8 Å². The molecular formula is C72H131NO10. The highest BCUT2D eigenvalue weighted by Crippen LogP contribution is 2.26. The smallest absolute Gasteiger partial charge is 0.306 e. The summed E-state index contributed by atoms with van der Waals surface area (Å²) in [7, 11) is 0. The van der Waals surface area contributed by atoms with E-state index in [1.807, 2.05) is 6.08 Å². The average Bonchev–Trinajstić information content (AvgIpc) is 3.55. The lowest BCUT2D eigenvalue weighted by Gasteiger charge is -2.41. The van der Waals surface area contributed by atoms with Gasteiger partial charge in [-0.25, -0.2) is 0 Å². The predicted molar refractivity (Wildman–Crippen MR) is 347 cm³/mol. The molecule has 11 nitrogen and oxygen atoms in total. The van der Waals surface area contributed by atoms with E-state index in [-0.39, 0.29) is 19.4 Å². The predicted octanol–water partition coefficient (Wildman–Crippen LogP) is 17.7. The highest BCUT2D eigenvalue weighted by molar-refractivity contribution is 5.80. The Labute approximate surface area is 509 Å². The molecule has 1 aliphatic rings. The van der Waals surface area contributed by atoms with E-state index in [2.05, 4.69) is 74.7 Å². The van der Waals surface area contributed by atoms with Gasteiger partial charge in [-0.15, -0.1) is 0 Å². The molecule has 0 saturated carbocycles. The first-order valence-electron chi connectivity index (χ1n) is 35.1. The maximum atomic E-state index is 13.5. The van der Waals surface area contributed by atoms with Crippen molar-refractivity contribution in [2.24, 2.45) is 0 Å². The summed E-state index contributed by atoms with van der Waals surface area (Å²) in [5, 5.41) is 57.2. The van der Waals surface area contributed by atoms with Gasteiger partial charge in [-0.2, -0.15) is 0 Å². The van der Waals surface area contributed by atoms with E-state index in [0.29, 0.717) is 12.8 Å². The van der Waals surface area contributed by atoms with Crippen molar-refractivity contribution in [2.75, 3.05) is 13.2 Å². The van der Waals surface area contributed by atoms with Crippen LogP contribution >= 0.6 is 0 Å². The zero-order chi connectivity index (χ0) is 60.3. The topological polar surface area (TPSA) is 175 Å². The molecule has 1 rings (SSSR count). The van der Waals surface area contributed by atoms with Gasteiger partial charge in [0, 0.05) is 6.42 Å². The van der Waals surface area contributed by atoms with Crippen LogP contribution in [0.25, 0.3) is 0 Å². The molecule has 0 radical (unpaired) electrons. The average molecular weight is 1170 g/mol. The van der Waals surface area contributed by atoms with Gasteiger partial charge in [-0.1, -0.05) is 306 Å². The van der Waals surface area contributed by atoms with E-state index < -0.39 is 67.4 Å². The number of rotatable bonds is 60. The van der Waals surface area contributed by atoms with Crippen LogP contribution in [-0.2, 0) is 23.8 Å². The van der Waals surface area contributed by atoms with Crippen molar-refractivity contribution in [1.29, 1.82) is 0 Å². The molecule has 11 heteroatoms. The van der Waals surface area contributed by atoms with Crippen molar-refractivity contribution in [2.45, 2.75) is 372 Å². The SMILES string of the molecule is CCCCC/C=C\C/C=C\C/C=C\C/C=C\CCCCCCCCCCCCC(O)C(=O)NC(COC1OC(CO)C(O)C(O)C1OC(=O)CCCCCCCCCCCCCCCCC)C(O)/C=C/CCCCCCCCCCCCC. The molecule has 0 spiro atoms. The number of esters is 1. The quantitative estimate of drug-likeness (QED) is 0.0195. The van der Waals surface area contributed by atoms with E-state index in [9.17, 15) is 35.1 Å². The molecule has 1 aliphatic heterocycles. The monoisotopic (exact) mass is 1170 g/mol. The number of amides is 1. The normalized spacial score (nSPS) is 18.9. The Morgan fingerprint density at radius 1 is 0.470 bits per heavy atom. The molecule has 484 valence electrons. The van der Waals surface area contributed by atoms with Gasteiger partial charge >= 0.3 is 5.97 Å². The summed E-state index contributed by atoms with van der Waals surface area (Å²) in [6, 6.07) is -1.03. The summed E-state index contributed by atoms with van der Waals surface area (Å²) in [6.45, 7) is 5.80. The summed E-state index contributed by atoms with van der Waals surface area (Å²) in [5.41, 5.74) is 0. The van der Waals surface area contributed by atoms with Crippen LogP contribution < -0.4 is 5.32 Å². The molecule has 0 aromatic rings. The number of nitrogens with one attached hydrogen (secondary N) is 1. The Balaban J connectivity index is 2.59. The second-order valence-electron chi connectivity index (χ2n) is 24.3. The zero-order valence-corrected chi connectivity index (χ0v) is 53.8. The summed E-state index contributed by atoms with van der Waals surface area (Å²) >= 11 is 0. The maximum Gasteiger partial charge on any atom is 0.306 e. The largest absolute Gasteiger partial charge is 0.454 e. The number of allylic oxidation sites excluding steroid dienone is 9. The second-order valence-corrected chi connectivity index (χ2v) is 24.3. The van der Waals surface area contributed by atoms with Gasteiger partial charge in [-0.05, 0) is 70.6 Å². The van der Waals surface area contributed by atoms with Crippen LogP contribution in [0.4, 0.5) is 0 Å². The van der Waals surface area contributed by atoms with Crippen LogP contribution in [-0.4, -0.2) is 99.6 Å². The number of unbranched alkanes of at least 4 members (excludes halogenated alkanes) is 38. The summed E-state index contributed by atoms with van der Waals surface area (Å²) in [6.07, 6.45) is 65.4. The van der Waals surface area contributed by atoms with Gasteiger partial charge < -0.3 is 45.1 Å². The molecule has 0 aromatic carbocycles. The number of aliphatic hydroxyl groups is 5. The minimum absolute atomic E-state index is 0.127. The molecule has 8 unspecified atom stereocenters.